The van der Waals surface area contributed by atoms with Crippen molar-refractivity contribution in [2.75, 3.05) is 0 Å². The molecule has 0 aliphatic rings. The van der Waals surface area contributed by atoms with Crippen LogP contribution in [0.15, 0.2) is 6.07 Å². The molecular weight excluding hydrogens is 152 g/mol. The van der Waals surface area contributed by atoms with Gasteiger partial charge in [-0.15, -0.1) is 0 Å². The van der Waals surface area contributed by atoms with Crippen molar-refractivity contribution in [2.24, 2.45) is 0 Å². The van der Waals surface area contributed by atoms with Crippen LogP contribution in [0.3, 0.4) is 0 Å². The molecule has 3 heteroatoms. The summed E-state index contributed by atoms with van der Waals surface area (Å²) in [6.45, 7) is 6.65. The molecule has 66 valence electrons. The molecule has 0 saturated heterocycles. The highest BCUT2D eigenvalue weighted by Gasteiger charge is 2.08. The molecule has 0 atom stereocenters. The van der Waals surface area contributed by atoms with E-state index in [0.717, 1.165) is 12.2 Å². The number of hydrogen-bond donors (Lipinski definition) is 0. The zero-order valence-corrected chi connectivity index (χ0v) is 7.79. The van der Waals surface area contributed by atoms with Crippen LogP contribution in [0.5, 0.6) is 0 Å². The van der Waals surface area contributed by atoms with E-state index in [9.17, 15) is 4.79 Å². The van der Waals surface area contributed by atoms with Crippen molar-refractivity contribution < 1.29 is 4.79 Å². The summed E-state index contributed by atoms with van der Waals surface area (Å²) in [6, 6.07) is 1.84. The lowest BCUT2D eigenvalue weighted by Gasteiger charge is -1.95. The molecule has 3 nitrogen and oxygen atoms in total. The fraction of sp³-hybridized carbons (Fsp3) is 0.556. The van der Waals surface area contributed by atoms with E-state index in [1.807, 2.05) is 31.5 Å². The van der Waals surface area contributed by atoms with Gasteiger partial charge in [0, 0.05) is 18.7 Å². The number of ketones is 1. The molecule has 0 amide bonds. The van der Waals surface area contributed by atoms with Crippen LogP contribution in [0.4, 0.5) is 0 Å². The Labute approximate surface area is 72.4 Å². The van der Waals surface area contributed by atoms with Gasteiger partial charge in [0.1, 0.15) is 5.69 Å². The largest absolute Gasteiger partial charge is 0.292 e. The van der Waals surface area contributed by atoms with E-state index in [2.05, 4.69) is 5.10 Å². The molecule has 0 unspecified atom stereocenters. The summed E-state index contributed by atoms with van der Waals surface area (Å²) in [5.41, 5.74) is 1.64. The van der Waals surface area contributed by atoms with Gasteiger partial charge in [0.15, 0.2) is 5.78 Å². The Morgan fingerprint density at radius 2 is 2.25 bits per heavy atom. The highest BCUT2D eigenvalue weighted by atomic mass is 16.1. The number of carbonyl (C=O) groups is 1. The smallest absolute Gasteiger partial charge is 0.182 e. The Hall–Kier alpha value is -1.12. The lowest BCUT2D eigenvalue weighted by atomic mass is 10.2. The van der Waals surface area contributed by atoms with E-state index in [4.69, 9.17) is 0 Å². The Balaban J connectivity index is 2.96. The summed E-state index contributed by atoms with van der Waals surface area (Å²) in [4.78, 5) is 11.2. The molecule has 0 radical (unpaired) electrons. The van der Waals surface area contributed by atoms with E-state index in [1.54, 1.807) is 0 Å². The van der Waals surface area contributed by atoms with Gasteiger partial charge in [0.2, 0.25) is 0 Å². The van der Waals surface area contributed by atoms with Crippen LogP contribution in [0, 0.1) is 6.92 Å². The number of nitrogens with zero attached hydrogens (tertiary/aromatic N) is 2. The molecular formula is C9H14N2O. The molecule has 0 bridgehead atoms. The molecule has 0 aromatic carbocycles. The minimum absolute atomic E-state index is 0.116. The topological polar surface area (TPSA) is 34.9 Å². The van der Waals surface area contributed by atoms with Gasteiger partial charge in [-0.2, -0.15) is 5.10 Å². The minimum Gasteiger partial charge on any atom is -0.292 e. The zero-order valence-electron chi connectivity index (χ0n) is 7.79. The third-order valence-electron chi connectivity index (χ3n) is 1.89. The van der Waals surface area contributed by atoms with Gasteiger partial charge in [-0.3, -0.25) is 9.48 Å². The SMILES string of the molecule is CCC(=O)c1cc(C)n(CC)n1. The monoisotopic (exact) mass is 166 g/mol. The maximum absolute atomic E-state index is 11.2. The first-order chi connectivity index (χ1) is 5.69. The molecule has 1 heterocycles. The van der Waals surface area contributed by atoms with Gasteiger partial charge in [-0.05, 0) is 19.9 Å². The third kappa shape index (κ3) is 1.55. The average Bonchev–Trinajstić information content (AvgIpc) is 2.45. The fourth-order valence-electron chi connectivity index (χ4n) is 1.15. The number of hydrogen-bond acceptors (Lipinski definition) is 2. The van der Waals surface area contributed by atoms with Crippen molar-refractivity contribution in [1.29, 1.82) is 0 Å². The third-order valence-corrected chi connectivity index (χ3v) is 1.89. The van der Waals surface area contributed by atoms with Crippen molar-refractivity contribution in [3.05, 3.63) is 17.5 Å². The quantitative estimate of drug-likeness (QED) is 0.642. The Morgan fingerprint density at radius 1 is 1.58 bits per heavy atom. The minimum atomic E-state index is 0.116. The Morgan fingerprint density at radius 3 is 2.67 bits per heavy atom. The van der Waals surface area contributed by atoms with E-state index < -0.39 is 0 Å². The van der Waals surface area contributed by atoms with Crippen LogP contribution in [-0.2, 0) is 6.54 Å². The van der Waals surface area contributed by atoms with Gasteiger partial charge in [-0.1, -0.05) is 6.92 Å². The Bertz CT molecular complexity index is 289. The van der Waals surface area contributed by atoms with Crippen molar-refractivity contribution in [3.8, 4) is 0 Å². The van der Waals surface area contributed by atoms with Crippen molar-refractivity contribution in [3.63, 3.8) is 0 Å². The highest BCUT2D eigenvalue weighted by molar-refractivity contribution is 5.94. The standard InChI is InChI=1S/C9H14N2O/c1-4-9(12)8-6-7(3)11(5-2)10-8/h6H,4-5H2,1-3H3. The first-order valence-corrected chi connectivity index (χ1v) is 4.26. The molecule has 0 aliphatic heterocycles. The second-order valence-electron chi connectivity index (χ2n) is 2.76. The van der Waals surface area contributed by atoms with E-state index >= 15 is 0 Å². The van der Waals surface area contributed by atoms with Crippen molar-refractivity contribution >= 4 is 5.78 Å². The molecule has 0 N–H and O–H groups in total. The van der Waals surface area contributed by atoms with Crippen LogP contribution in [-0.4, -0.2) is 15.6 Å². The normalized spacial score (nSPS) is 10.2. The second-order valence-corrected chi connectivity index (χ2v) is 2.76. The number of rotatable bonds is 3. The van der Waals surface area contributed by atoms with E-state index in [1.165, 1.54) is 0 Å². The maximum atomic E-state index is 11.2. The van der Waals surface area contributed by atoms with Crippen LogP contribution in [0.2, 0.25) is 0 Å². The van der Waals surface area contributed by atoms with Gasteiger partial charge >= 0.3 is 0 Å². The summed E-state index contributed by atoms with van der Waals surface area (Å²) in [7, 11) is 0. The van der Waals surface area contributed by atoms with E-state index in [-0.39, 0.29) is 5.78 Å². The summed E-state index contributed by atoms with van der Waals surface area (Å²) in [5, 5.41) is 4.17. The molecule has 0 aliphatic carbocycles. The Kier molecular flexibility index (Phi) is 2.63. The first-order valence-electron chi connectivity index (χ1n) is 4.26. The number of aryl methyl sites for hydroxylation is 2. The van der Waals surface area contributed by atoms with Crippen LogP contribution < -0.4 is 0 Å². The fourth-order valence-corrected chi connectivity index (χ4v) is 1.15. The number of Topliss-reactive ketones (excluding diaryl/α,β-unsaturated/α-hetero) is 1. The number of carbonyl (C=O) groups excluding carboxylic acids is 1. The van der Waals surface area contributed by atoms with Crippen LogP contribution in [0.1, 0.15) is 36.5 Å². The van der Waals surface area contributed by atoms with Crippen LogP contribution in [0.25, 0.3) is 0 Å². The predicted octanol–water partition coefficient (Wildman–Crippen LogP) is 1.80. The maximum Gasteiger partial charge on any atom is 0.182 e. The van der Waals surface area contributed by atoms with Gasteiger partial charge in [-0.25, -0.2) is 0 Å². The molecule has 1 aromatic rings. The zero-order chi connectivity index (χ0) is 9.14. The molecule has 1 rings (SSSR count). The van der Waals surface area contributed by atoms with Gasteiger partial charge in [0.25, 0.3) is 0 Å². The van der Waals surface area contributed by atoms with E-state index in [0.29, 0.717) is 12.1 Å². The molecule has 12 heavy (non-hydrogen) atoms. The van der Waals surface area contributed by atoms with Crippen molar-refractivity contribution in [2.45, 2.75) is 33.7 Å². The predicted molar refractivity (Wildman–Crippen MR) is 47.3 cm³/mol. The summed E-state index contributed by atoms with van der Waals surface area (Å²) < 4.78 is 1.84. The lowest BCUT2D eigenvalue weighted by molar-refractivity contribution is 0.0982. The molecule has 0 fully saturated rings. The summed E-state index contributed by atoms with van der Waals surface area (Å²) in [5.74, 6) is 0.116. The second kappa shape index (κ2) is 3.52. The average molecular weight is 166 g/mol. The highest BCUT2D eigenvalue weighted by Crippen LogP contribution is 2.05. The molecule has 1 aromatic heterocycles. The number of aromatic nitrogens is 2. The van der Waals surface area contributed by atoms with Gasteiger partial charge in [0.05, 0.1) is 0 Å². The van der Waals surface area contributed by atoms with Gasteiger partial charge < -0.3 is 0 Å². The molecule has 0 spiro atoms. The van der Waals surface area contributed by atoms with Crippen LogP contribution >= 0.6 is 0 Å². The first kappa shape index (κ1) is 8.97. The summed E-state index contributed by atoms with van der Waals surface area (Å²) >= 11 is 0. The lowest BCUT2D eigenvalue weighted by Crippen LogP contribution is -2.02. The van der Waals surface area contributed by atoms with Crippen molar-refractivity contribution in [1.82, 2.24) is 9.78 Å². The molecule has 0 saturated carbocycles. The summed E-state index contributed by atoms with van der Waals surface area (Å²) in [6.07, 6.45) is 0.528.